The standard InChI is InChI=1S/C11H12N2O3/c1-14-9-3-2-4-10(5-9)16-11-13-8(6-12)7-15-11/h2-5,7H,6,12H2,1H3. The van der Waals surface area contributed by atoms with Crippen LogP contribution in [0.2, 0.25) is 0 Å². The molecule has 2 rings (SSSR count). The molecule has 0 fully saturated rings. The number of aromatic nitrogens is 1. The SMILES string of the molecule is COc1cccc(Oc2nc(CN)co2)c1. The van der Waals surface area contributed by atoms with Crippen molar-refractivity contribution in [2.75, 3.05) is 7.11 Å². The van der Waals surface area contributed by atoms with Crippen LogP contribution in [0.5, 0.6) is 17.6 Å². The van der Waals surface area contributed by atoms with Gasteiger partial charge in [-0.15, -0.1) is 0 Å². The Morgan fingerprint density at radius 3 is 2.88 bits per heavy atom. The van der Waals surface area contributed by atoms with Crippen LogP contribution in [-0.2, 0) is 6.54 Å². The van der Waals surface area contributed by atoms with E-state index < -0.39 is 0 Å². The van der Waals surface area contributed by atoms with Gasteiger partial charge >= 0.3 is 6.08 Å². The third-order valence-corrected chi connectivity index (χ3v) is 1.99. The zero-order valence-corrected chi connectivity index (χ0v) is 8.84. The molecule has 0 bridgehead atoms. The molecule has 5 heteroatoms. The zero-order valence-electron chi connectivity index (χ0n) is 8.84. The molecule has 0 amide bonds. The van der Waals surface area contributed by atoms with E-state index in [4.69, 9.17) is 19.6 Å². The van der Waals surface area contributed by atoms with Crippen LogP contribution in [0.4, 0.5) is 0 Å². The Bertz CT molecular complexity index is 468. The maximum Gasteiger partial charge on any atom is 0.399 e. The van der Waals surface area contributed by atoms with Gasteiger partial charge in [0, 0.05) is 12.6 Å². The maximum atomic E-state index is 5.40. The highest BCUT2D eigenvalue weighted by Gasteiger charge is 2.05. The minimum Gasteiger partial charge on any atom is -0.497 e. The van der Waals surface area contributed by atoms with Crippen molar-refractivity contribution in [3.8, 4) is 17.6 Å². The molecule has 0 unspecified atom stereocenters. The Hall–Kier alpha value is -2.01. The molecule has 16 heavy (non-hydrogen) atoms. The van der Waals surface area contributed by atoms with Gasteiger partial charge in [-0.2, -0.15) is 4.98 Å². The minimum atomic E-state index is 0.175. The minimum absolute atomic E-state index is 0.175. The summed E-state index contributed by atoms with van der Waals surface area (Å²) < 4.78 is 15.5. The summed E-state index contributed by atoms with van der Waals surface area (Å²) in [7, 11) is 1.59. The van der Waals surface area contributed by atoms with Gasteiger partial charge in [0.15, 0.2) is 0 Å². The number of hydrogen-bond donors (Lipinski definition) is 1. The Labute approximate surface area is 92.8 Å². The molecule has 2 N–H and O–H groups in total. The largest absolute Gasteiger partial charge is 0.497 e. The quantitative estimate of drug-likeness (QED) is 0.852. The number of hydrogen-bond acceptors (Lipinski definition) is 5. The van der Waals surface area contributed by atoms with E-state index in [1.165, 1.54) is 6.26 Å². The van der Waals surface area contributed by atoms with Gasteiger partial charge in [0.25, 0.3) is 0 Å². The average molecular weight is 220 g/mol. The van der Waals surface area contributed by atoms with Crippen molar-refractivity contribution in [3.05, 3.63) is 36.2 Å². The first kappa shape index (κ1) is 10.5. The Morgan fingerprint density at radius 2 is 2.19 bits per heavy atom. The number of nitrogens with two attached hydrogens (primary N) is 1. The normalized spacial score (nSPS) is 10.1. The highest BCUT2D eigenvalue weighted by molar-refractivity contribution is 5.34. The molecule has 0 radical (unpaired) electrons. The van der Waals surface area contributed by atoms with Gasteiger partial charge in [-0.05, 0) is 12.1 Å². The predicted octanol–water partition coefficient (Wildman–Crippen LogP) is 1.93. The summed E-state index contributed by atoms with van der Waals surface area (Å²) in [6, 6.07) is 7.18. The zero-order chi connectivity index (χ0) is 11.4. The lowest BCUT2D eigenvalue weighted by atomic mass is 10.3. The first-order valence-corrected chi connectivity index (χ1v) is 4.78. The van der Waals surface area contributed by atoms with Crippen LogP contribution in [-0.4, -0.2) is 12.1 Å². The fourth-order valence-corrected chi connectivity index (χ4v) is 1.19. The monoisotopic (exact) mass is 220 g/mol. The van der Waals surface area contributed by atoms with Gasteiger partial charge in [-0.3, -0.25) is 0 Å². The van der Waals surface area contributed by atoms with Crippen molar-refractivity contribution >= 4 is 0 Å². The molecule has 5 nitrogen and oxygen atoms in total. The summed E-state index contributed by atoms with van der Waals surface area (Å²) in [5.41, 5.74) is 6.05. The maximum absolute atomic E-state index is 5.40. The Kier molecular flexibility index (Phi) is 3.07. The molecule has 0 aliphatic heterocycles. The van der Waals surface area contributed by atoms with Gasteiger partial charge in [0.05, 0.1) is 12.8 Å². The smallest absolute Gasteiger partial charge is 0.399 e. The van der Waals surface area contributed by atoms with Crippen molar-refractivity contribution in [3.63, 3.8) is 0 Å². The number of nitrogens with zero attached hydrogens (tertiary/aromatic N) is 1. The van der Waals surface area contributed by atoms with Crippen LogP contribution in [0.25, 0.3) is 0 Å². The summed E-state index contributed by atoms with van der Waals surface area (Å²) in [6.45, 7) is 0.324. The van der Waals surface area contributed by atoms with E-state index in [1.54, 1.807) is 19.2 Å². The number of benzene rings is 1. The molecular formula is C11H12N2O3. The van der Waals surface area contributed by atoms with E-state index in [1.807, 2.05) is 12.1 Å². The van der Waals surface area contributed by atoms with Gasteiger partial charge in [0.2, 0.25) is 0 Å². The van der Waals surface area contributed by atoms with Crippen LogP contribution in [0, 0.1) is 0 Å². The summed E-state index contributed by atoms with van der Waals surface area (Å²) in [5, 5.41) is 0. The van der Waals surface area contributed by atoms with Crippen molar-refractivity contribution in [2.45, 2.75) is 6.54 Å². The van der Waals surface area contributed by atoms with Gasteiger partial charge < -0.3 is 19.6 Å². The van der Waals surface area contributed by atoms with Crippen LogP contribution < -0.4 is 15.2 Å². The van der Waals surface area contributed by atoms with E-state index in [2.05, 4.69) is 4.98 Å². The molecule has 1 heterocycles. The van der Waals surface area contributed by atoms with Crippen molar-refractivity contribution in [1.82, 2.24) is 4.98 Å². The number of methoxy groups -OCH3 is 1. The van der Waals surface area contributed by atoms with Gasteiger partial charge in [-0.1, -0.05) is 6.07 Å². The molecule has 0 saturated carbocycles. The van der Waals surface area contributed by atoms with E-state index in [0.29, 0.717) is 23.7 Å². The molecule has 2 aromatic rings. The van der Waals surface area contributed by atoms with Gasteiger partial charge in [-0.25, -0.2) is 0 Å². The van der Waals surface area contributed by atoms with Crippen LogP contribution in [0.15, 0.2) is 34.9 Å². The molecule has 1 aromatic heterocycles. The fourth-order valence-electron chi connectivity index (χ4n) is 1.19. The van der Waals surface area contributed by atoms with Crippen molar-refractivity contribution in [1.29, 1.82) is 0 Å². The third-order valence-electron chi connectivity index (χ3n) is 1.99. The lowest BCUT2D eigenvalue weighted by molar-refractivity contribution is 0.328. The van der Waals surface area contributed by atoms with E-state index >= 15 is 0 Å². The molecule has 0 spiro atoms. The van der Waals surface area contributed by atoms with Crippen molar-refractivity contribution in [2.24, 2.45) is 5.73 Å². The first-order chi connectivity index (χ1) is 7.81. The summed E-state index contributed by atoms with van der Waals surface area (Å²) in [4.78, 5) is 4.02. The molecule has 0 aliphatic rings. The summed E-state index contributed by atoms with van der Waals surface area (Å²) in [6.07, 6.45) is 1.64. The second kappa shape index (κ2) is 4.67. The average Bonchev–Trinajstić information content (AvgIpc) is 2.77. The molecule has 0 atom stereocenters. The van der Waals surface area contributed by atoms with Crippen molar-refractivity contribution < 1.29 is 13.9 Å². The fraction of sp³-hybridized carbons (Fsp3) is 0.182. The van der Waals surface area contributed by atoms with Crippen LogP contribution in [0.3, 0.4) is 0 Å². The lowest BCUT2D eigenvalue weighted by Gasteiger charge is -2.02. The van der Waals surface area contributed by atoms with E-state index in [0.717, 1.165) is 0 Å². The predicted molar refractivity (Wildman–Crippen MR) is 57.5 cm³/mol. The first-order valence-electron chi connectivity index (χ1n) is 4.78. The third kappa shape index (κ3) is 2.32. The number of ether oxygens (including phenoxy) is 2. The highest BCUT2D eigenvalue weighted by atomic mass is 16.6. The molecule has 0 aliphatic carbocycles. The lowest BCUT2D eigenvalue weighted by Crippen LogP contribution is -1.95. The van der Waals surface area contributed by atoms with E-state index in [9.17, 15) is 0 Å². The van der Waals surface area contributed by atoms with E-state index in [-0.39, 0.29) is 6.08 Å². The molecule has 1 aromatic carbocycles. The molecule has 84 valence electrons. The molecular weight excluding hydrogens is 208 g/mol. The second-order valence-corrected chi connectivity index (χ2v) is 3.09. The second-order valence-electron chi connectivity index (χ2n) is 3.09. The summed E-state index contributed by atoms with van der Waals surface area (Å²) in [5.74, 6) is 1.31. The number of rotatable bonds is 4. The topological polar surface area (TPSA) is 70.5 Å². The van der Waals surface area contributed by atoms with Gasteiger partial charge in [0.1, 0.15) is 17.8 Å². The summed E-state index contributed by atoms with van der Waals surface area (Å²) >= 11 is 0. The highest BCUT2D eigenvalue weighted by Crippen LogP contribution is 2.24. The number of oxazole rings is 1. The Balaban J connectivity index is 2.13. The van der Waals surface area contributed by atoms with Crippen LogP contribution >= 0.6 is 0 Å². The Morgan fingerprint density at radius 1 is 1.38 bits per heavy atom. The molecule has 0 saturated heterocycles. The van der Waals surface area contributed by atoms with Crippen LogP contribution in [0.1, 0.15) is 5.69 Å².